The monoisotopic (exact) mass is 444 g/mol. The minimum absolute atomic E-state index is 0.0204. The zero-order valence-corrected chi connectivity index (χ0v) is 13.7. The number of fused-ring (bicyclic) bond motifs is 1. The zero-order chi connectivity index (χ0) is 14.5. The molecule has 0 spiro atoms. The van der Waals surface area contributed by atoms with E-state index < -0.39 is 6.09 Å². The molecule has 2 amide bonds. The molecule has 1 aromatic rings. The van der Waals surface area contributed by atoms with E-state index in [2.05, 4.69) is 10.6 Å². The molecular formula is C13H14N3O3W-. The summed E-state index contributed by atoms with van der Waals surface area (Å²) in [5.41, 5.74) is 7.60. The number of hydrogen-bond acceptors (Lipinski definition) is 4. The van der Waals surface area contributed by atoms with Crippen molar-refractivity contribution in [2.45, 2.75) is 19.3 Å². The van der Waals surface area contributed by atoms with E-state index in [1.807, 2.05) is 6.07 Å². The molecule has 6 nitrogen and oxygen atoms in total. The molecule has 0 saturated heterocycles. The molecule has 0 saturated carbocycles. The van der Waals surface area contributed by atoms with Crippen molar-refractivity contribution in [3.8, 4) is 0 Å². The SMILES string of the molecule is NCC[C](=[W])OC(=O)[N-]c1ccc2c(c1)NC(=O)CC2. The number of nitrogens with two attached hydrogens (primary N) is 1. The molecule has 1 aromatic carbocycles. The molecular weight excluding hydrogens is 430 g/mol. The first-order valence-electron chi connectivity index (χ1n) is 6.17. The Morgan fingerprint density at radius 2 is 2.25 bits per heavy atom. The van der Waals surface area contributed by atoms with Crippen LogP contribution in [0.1, 0.15) is 18.4 Å². The number of rotatable bonds is 4. The summed E-state index contributed by atoms with van der Waals surface area (Å²) in [4.78, 5) is 22.9. The van der Waals surface area contributed by atoms with Crippen molar-refractivity contribution in [1.82, 2.24) is 0 Å². The molecule has 2 rings (SSSR count). The van der Waals surface area contributed by atoms with Gasteiger partial charge in [-0.2, -0.15) is 0 Å². The number of amides is 2. The first-order valence-corrected chi connectivity index (χ1v) is 7.64. The summed E-state index contributed by atoms with van der Waals surface area (Å²) in [5, 5.41) is 6.62. The van der Waals surface area contributed by atoms with E-state index in [9.17, 15) is 9.59 Å². The van der Waals surface area contributed by atoms with E-state index in [-0.39, 0.29) is 5.91 Å². The number of ether oxygens (including phenoxy) is 1. The van der Waals surface area contributed by atoms with Crippen LogP contribution in [-0.2, 0) is 35.3 Å². The van der Waals surface area contributed by atoms with Gasteiger partial charge in [0.15, 0.2) is 0 Å². The molecule has 106 valence electrons. The number of anilines is 1. The van der Waals surface area contributed by atoms with Gasteiger partial charge in [-0.15, -0.1) is 0 Å². The van der Waals surface area contributed by atoms with Gasteiger partial charge in [-0.1, -0.05) is 0 Å². The predicted molar refractivity (Wildman–Crippen MR) is 71.6 cm³/mol. The van der Waals surface area contributed by atoms with Gasteiger partial charge in [0.1, 0.15) is 0 Å². The van der Waals surface area contributed by atoms with Gasteiger partial charge in [-0.25, -0.2) is 0 Å². The van der Waals surface area contributed by atoms with Gasteiger partial charge in [0.2, 0.25) is 0 Å². The maximum atomic E-state index is 11.6. The summed E-state index contributed by atoms with van der Waals surface area (Å²) in [7, 11) is 0. The van der Waals surface area contributed by atoms with Crippen LogP contribution in [0, 0.1) is 0 Å². The van der Waals surface area contributed by atoms with Crippen LogP contribution in [0.15, 0.2) is 18.2 Å². The number of nitrogens with zero attached hydrogens (tertiary/aromatic N) is 1. The Balaban J connectivity index is 2.00. The Bertz CT molecular complexity index is 560. The van der Waals surface area contributed by atoms with Crippen LogP contribution in [0.3, 0.4) is 0 Å². The van der Waals surface area contributed by atoms with Gasteiger partial charge in [-0.3, -0.25) is 0 Å². The number of benzene rings is 1. The zero-order valence-electron chi connectivity index (χ0n) is 10.7. The first-order chi connectivity index (χ1) is 9.58. The number of carbonyl (C=O) groups excluding carboxylic acids is 2. The van der Waals surface area contributed by atoms with E-state index in [1.54, 1.807) is 12.1 Å². The fourth-order valence-corrected chi connectivity index (χ4v) is 2.50. The Hall–Kier alpha value is -1.52. The van der Waals surface area contributed by atoms with Gasteiger partial charge >= 0.3 is 127 Å². The van der Waals surface area contributed by atoms with Crippen LogP contribution in [0.25, 0.3) is 5.32 Å². The van der Waals surface area contributed by atoms with Crippen LogP contribution < -0.4 is 11.1 Å². The quantitative estimate of drug-likeness (QED) is 0.740. The molecule has 0 atom stereocenters. The maximum absolute atomic E-state index is 11.6. The number of carbonyl (C=O) groups is 2. The van der Waals surface area contributed by atoms with E-state index in [0.29, 0.717) is 41.3 Å². The van der Waals surface area contributed by atoms with Gasteiger partial charge in [-0.05, 0) is 0 Å². The third-order valence-electron chi connectivity index (χ3n) is 2.76. The molecule has 0 aliphatic carbocycles. The molecule has 3 N–H and O–H groups in total. The van der Waals surface area contributed by atoms with Crippen LogP contribution in [0.4, 0.5) is 16.2 Å². The van der Waals surface area contributed by atoms with Crippen LogP contribution in [0.2, 0.25) is 0 Å². The molecule has 0 fully saturated rings. The van der Waals surface area contributed by atoms with Crippen LogP contribution in [0.5, 0.6) is 0 Å². The molecule has 0 unspecified atom stereocenters. The summed E-state index contributed by atoms with van der Waals surface area (Å²) in [6.45, 7) is 0.441. The van der Waals surface area contributed by atoms with Crippen molar-refractivity contribution in [1.29, 1.82) is 0 Å². The van der Waals surface area contributed by atoms with Gasteiger partial charge < -0.3 is 0 Å². The van der Waals surface area contributed by atoms with Gasteiger partial charge in [0.25, 0.3) is 0 Å². The average Bonchev–Trinajstić information content (AvgIpc) is 2.38. The summed E-state index contributed by atoms with van der Waals surface area (Å²) in [5.74, 6) is -0.0204. The van der Waals surface area contributed by atoms with Gasteiger partial charge in [0.05, 0.1) is 0 Å². The topological polar surface area (TPSA) is 95.5 Å². The summed E-state index contributed by atoms with van der Waals surface area (Å²) in [6.07, 6.45) is 1.09. The van der Waals surface area contributed by atoms with Crippen LogP contribution >= 0.6 is 0 Å². The fourth-order valence-electron chi connectivity index (χ4n) is 1.82. The summed E-state index contributed by atoms with van der Waals surface area (Å²) >= 11 is 1.06. The Morgan fingerprint density at radius 3 is 3.00 bits per heavy atom. The second kappa shape index (κ2) is 6.77. The number of nitrogens with one attached hydrogen (secondary N) is 1. The Labute approximate surface area is 127 Å². The minimum atomic E-state index is -0.662. The summed E-state index contributed by atoms with van der Waals surface area (Å²) in [6, 6.07) is 5.28. The molecule has 0 radical (unpaired) electrons. The third kappa shape index (κ3) is 3.98. The molecule has 1 aliphatic rings. The third-order valence-corrected chi connectivity index (χ3v) is 3.79. The first kappa shape index (κ1) is 14.9. The second-order valence-electron chi connectivity index (χ2n) is 4.28. The fraction of sp³-hybridized carbons (Fsp3) is 0.308. The molecule has 1 heterocycles. The summed E-state index contributed by atoms with van der Waals surface area (Å²) < 4.78 is 5.66. The average molecular weight is 444 g/mol. The van der Waals surface area contributed by atoms with E-state index in [0.717, 1.165) is 24.9 Å². The molecule has 1 aliphatic heterocycles. The molecule has 0 bridgehead atoms. The molecule has 0 aromatic heterocycles. The number of hydrogen-bond donors (Lipinski definition) is 2. The van der Waals surface area contributed by atoms with Crippen molar-refractivity contribution in [3.63, 3.8) is 0 Å². The van der Waals surface area contributed by atoms with Crippen LogP contribution in [-0.4, -0.2) is 22.6 Å². The predicted octanol–water partition coefficient (Wildman–Crippen LogP) is 1.74. The van der Waals surface area contributed by atoms with Crippen molar-refractivity contribution in [3.05, 3.63) is 29.1 Å². The van der Waals surface area contributed by atoms with Crippen molar-refractivity contribution in [2.24, 2.45) is 5.73 Å². The van der Waals surface area contributed by atoms with E-state index in [4.69, 9.17) is 10.5 Å². The molecule has 7 heteroatoms. The second-order valence-corrected chi connectivity index (χ2v) is 5.92. The Morgan fingerprint density at radius 1 is 1.45 bits per heavy atom. The van der Waals surface area contributed by atoms with Crippen molar-refractivity contribution >= 4 is 27.5 Å². The Kier molecular flexibility index (Phi) is 5.04. The standard InChI is InChI=1S/C13H15N3O3.W/c14-6-1-7-19-13(18)15-10-4-2-9-3-5-12(17)16-11(9)8-10;/h2,4,8H,1,3,5-6,14H2,(H2,15,16,17,18);/p-1. The normalized spacial score (nSPS) is 13.2. The molecule has 20 heavy (non-hydrogen) atoms. The number of aryl methyl sites for hydroxylation is 1. The van der Waals surface area contributed by atoms with Crippen molar-refractivity contribution in [2.75, 3.05) is 11.9 Å². The van der Waals surface area contributed by atoms with Crippen molar-refractivity contribution < 1.29 is 33.7 Å². The van der Waals surface area contributed by atoms with E-state index in [1.165, 1.54) is 0 Å². The van der Waals surface area contributed by atoms with E-state index >= 15 is 0 Å². The van der Waals surface area contributed by atoms with Gasteiger partial charge in [0, 0.05) is 0 Å².